The quantitative estimate of drug-likeness (QED) is 0.194. The third-order valence-corrected chi connectivity index (χ3v) is 8.25. The van der Waals surface area contributed by atoms with Crippen molar-refractivity contribution < 1.29 is 0 Å². The summed E-state index contributed by atoms with van der Waals surface area (Å²) in [5.74, 6) is 1.95. The van der Waals surface area contributed by atoms with Crippen LogP contribution in [0.2, 0.25) is 0 Å². The van der Waals surface area contributed by atoms with Gasteiger partial charge in [-0.25, -0.2) is 15.0 Å². The summed E-state index contributed by atoms with van der Waals surface area (Å²) >= 11 is 0. The zero-order valence-electron chi connectivity index (χ0n) is 25.0. The van der Waals surface area contributed by atoms with Crippen molar-refractivity contribution in [1.29, 1.82) is 0 Å². The highest BCUT2D eigenvalue weighted by Gasteiger charge is 2.15. The predicted molar refractivity (Wildman–Crippen MR) is 188 cm³/mol. The predicted octanol–water partition coefficient (Wildman–Crippen LogP) is 10.4. The molecule has 8 rings (SSSR count). The minimum Gasteiger partial charge on any atom is -0.264 e. The zero-order valence-corrected chi connectivity index (χ0v) is 25.0. The lowest BCUT2D eigenvalue weighted by Crippen LogP contribution is -2.00. The van der Waals surface area contributed by atoms with Crippen LogP contribution in [0.3, 0.4) is 0 Å². The molecule has 0 amide bonds. The molecule has 0 bridgehead atoms. The van der Waals surface area contributed by atoms with Gasteiger partial charge in [-0.2, -0.15) is 0 Å². The van der Waals surface area contributed by atoms with Crippen LogP contribution in [-0.2, 0) is 0 Å². The molecule has 0 aliphatic rings. The lowest BCUT2D eigenvalue weighted by molar-refractivity contribution is 1.07. The molecule has 216 valence electrons. The van der Waals surface area contributed by atoms with Crippen molar-refractivity contribution in [1.82, 2.24) is 19.9 Å². The fraction of sp³-hybridized carbons (Fsp3) is 0. The molecule has 0 aliphatic heterocycles. The molecule has 0 saturated heterocycles. The average Bonchev–Trinajstić information content (AvgIpc) is 3.15. The maximum absolute atomic E-state index is 4.91. The van der Waals surface area contributed by atoms with Crippen molar-refractivity contribution in [3.63, 3.8) is 0 Å². The van der Waals surface area contributed by atoms with Gasteiger partial charge in [0, 0.05) is 29.1 Å². The minimum atomic E-state index is 0.643. The van der Waals surface area contributed by atoms with Gasteiger partial charge in [0.2, 0.25) is 0 Å². The van der Waals surface area contributed by atoms with Crippen molar-refractivity contribution >= 4 is 10.8 Å². The summed E-state index contributed by atoms with van der Waals surface area (Å²) in [5.41, 5.74) is 9.76. The van der Waals surface area contributed by atoms with Crippen molar-refractivity contribution in [2.45, 2.75) is 0 Å². The van der Waals surface area contributed by atoms with Crippen LogP contribution in [-0.4, -0.2) is 19.9 Å². The smallest absolute Gasteiger partial charge is 0.164 e. The fourth-order valence-corrected chi connectivity index (χ4v) is 5.92. The number of hydrogen-bond donors (Lipinski definition) is 0. The van der Waals surface area contributed by atoms with Crippen LogP contribution >= 0.6 is 0 Å². The first-order valence-corrected chi connectivity index (χ1v) is 15.3. The zero-order chi connectivity index (χ0) is 30.7. The number of fused-ring (bicyclic) bond motifs is 1. The molecular weight excluding hydrogens is 560 g/mol. The molecule has 0 fully saturated rings. The van der Waals surface area contributed by atoms with Gasteiger partial charge in [0.05, 0.1) is 0 Å². The van der Waals surface area contributed by atoms with Gasteiger partial charge in [0.25, 0.3) is 0 Å². The minimum absolute atomic E-state index is 0.643. The summed E-state index contributed by atoms with van der Waals surface area (Å²) in [6.45, 7) is 0. The van der Waals surface area contributed by atoms with Crippen molar-refractivity contribution in [3.8, 4) is 67.5 Å². The maximum atomic E-state index is 4.91. The van der Waals surface area contributed by atoms with E-state index in [2.05, 4.69) is 96.0 Å². The van der Waals surface area contributed by atoms with Crippen LogP contribution in [0.5, 0.6) is 0 Å². The molecule has 2 heterocycles. The molecule has 8 aromatic rings. The van der Waals surface area contributed by atoms with E-state index in [0.29, 0.717) is 17.5 Å². The summed E-state index contributed by atoms with van der Waals surface area (Å²) in [6.07, 6.45) is 3.70. The van der Waals surface area contributed by atoms with E-state index >= 15 is 0 Å². The summed E-state index contributed by atoms with van der Waals surface area (Å²) in [5, 5.41) is 2.43. The Kier molecular flexibility index (Phi) is 7.14. The number of rotatable bonds is 6. The largest absolute Gasteiger partial charge is 0.264 e. The van der Waals surface area contributed by atoms with Crippen molar-refractivity contribution in [2.24, 2.45) is 0 Å². The van der Waals surface area contributed by atoms with Gasteiger partial charge in [-0.1, -0.05) is 152 Å². The van der Waals surface area contributed by atoms with Crippen molar-refractivity contribution in [2.75, 3.05) is 0 Å². The first-order valence-electron chi connectivity index (χ1n) is 15.3. The fourth-order valence-electron chi connectivity index (χ4n) is 5.92. The number of nitrogens with zero attached hydrogens (tertiary/aromatic N) is 4. The van der Waals surface area contributed by atoms with Crippen LogP contribution in [0.1, 0.15) is 0 Å². The Morgan fingerprint density at radius 3 is 1.43 bits per heavy atom. The normalized spacial score (nSPS) is 11.0. The number of benzene rings is 6. The molecule has 0 atom stereocenters. The highest BCUT2D eigenvalue weighted by atomic mass is 15.0. The van der Waals surface area contributed by atoms with Gasteiger partial charge in [0.1, 0.15) is 0 Å². The van der Waals surface area contributed by atoms with Crippen LogP contribution in [0.15, 0.2) is 170 Å². The van der Waals surface area contributed by atoms with E-state index in [9.17, 15) is 0 Å². The van der Waals surface area contributed by atoms with E-state index in [1.165, 1.54) is 27.5 Å². The standard InChI is InChI=1S/C42H28N4/c1-3-11-33(12-4-1)40-44-41(34-13-5-2-6-14-34)46-42(45-40)35-23-19-31(20-24-35)38-26-25-30-10-7-8-16-37(30)39(38)32-21-17-29(18-22-32)36-15-9-27-43-28-36/h1-28H. The monoisotopic (exact) mass is 588 g/mol. The van der Waals surface area contributed by atoms with E-state index in [0.717, 1.165) is 33.4 Å². The van der Waals surface area contributed by atoms with Gasteiger partial charge in [0.15, 0.2) is 17.5 Å². The Hall–Kier alpha value is -6.26. The Labute approximate surface area is 267 Å². The molecule has 46 heavy (non-hydrogen) atoms. The van der Waals surface area contributed by atoms with Gasteiger partial charge in [-0.15, -0.1) is 0 Å². The van der Waals surface area contributed by atoms with E-state index in [1.54, 1.807) is 6.20 Å². The van der Waals surface area contributed by atoms with Crippen LogP contribution in [0, 0.1) is 0 Å². The Morgan fingerprint density at radius 1 is 0.326 bits per heavy atom. The molecular formula is C42H28N4. The summed E-state index contributed by atoms with van der Waals surface area (Å²) < 4.78 is 0. The highest BCUT2D eigenvalue weighted by molar-refractivity contribution is 6.04. The molecule has 0 aliphatic carbocycles. The van der Waals surface area contributed by atoms with E-state index < -0.39 is 0 Å². The first kappa shape index (κ1) is 27.3. The summed E-state index contributed by atoms with van der Waals surface area (Å²) in [6, 6.07) is 54.5. The maximum Gasteiger partial charge on any atom is 0.164 e. The van der Waals surface area contributed by atoms with Crippen LogP contribution < -0.4 is 0 Å². The average molecular weight is 589 g/mol. The third kappa shape index (κ3) is 5.33. The molecule has 6 aromatic carbocycles. The second-order valence-electron chi connectivity index (χ2n) is 11.1. The number of hydrogen-bond acceptors (Lipinski definition) is 4. The molecule has 4 nitrogen and oxygen atoms in total. The van der Waals surface area contributed by atoms with E-state index in [1.807, 2.05) is 72.9 Å². The topological polar surface area (TPSA) is 51.6 Å². The Bertz CT molecular complexity index is 2210. The lowest BCUT2D eigenvalue weighted by Gasteiger charge is -2.15. The SMILES string of the molecule is c1ccc(-c2nc(-c3ccccc3)nc(-c3ccc(-c4ccc5ccccc5c4-c4ccc(-c5cccnc5)cc4)cc3)n2)cc1. The van der Waals surface area contributed by atoms with Gasteiger partial charge >= 0.3 is 0 Å². The second kappa shape index (κ2) is 12.0. The lowest BCUT2D eigenvalue weighted by atomic mass is 9.89. The highest BCUT2D eigenvalue weighted by Crippen LogP contribution is 2.39. The van der Waals surface area contributed by atoms with Gasteiger partial charge in [-0.3, -0.25) is 4.98 Å². The second-order valence-corrected chi connectivity index (χ2v) is 11.1. The Morgan fingerprint density at radius 2 is 0.826 bits per heavy atom. The van der Waals surface area contributed by atoms with Crippen molar-refractivity contribution in [3.05, 3.63) is 170 Å². The number of aromatic nitrogens is 4. The first-order chi connectivity index (χ1) is 22.8. The molecule has 4 heteroatoms. The van der Waals surface area contributed by atoms with E-state index in [-0.39, 0.29) is 0 Å². The van der Waals surface area contributed by atoms with Gasteiger partial charge < -0.3 is 0 Å². The van der Waals surface area contributed by atoms with Crippen LogP contribution in [0.4, 0.5) is 0 Å². The van der Waals surface area contributed by atoms with E-state index in [4.69, 9.17) is 15.0 Å². The summed E-state index contributed by atoms with van der Waals surface area (Å²) in [4.78, 5) is 19.0. The third-order valence-electron chi connectivity index (χ3n) is 8.25. The van der Waals surface area contributed by atoms with Crippen LogP contribution in [0.25, 0.3) is 78.3 Å². The molecule has 0 spiro atoms. The molecule has 0 saturated carbocycles. The summed E-state index contributed by atoms with van der Waals surface area (Å²) in [7, 11) is 0. The van der Waals surface area contributed by atoms with Gasteiger partial charge in [-0.05, 0) is 50.2 Å². The molecule has 0 N–H and O–H groups in total. The molecule has 0 unspecified atom stereocenters. The molecule has 0 radical (unpaired) electrons. The molecule has 2 aromatic heterocycles. The Balaban J connectivity index is 1.22. The number of pyridine rings is 1.